The van der Waals surface area contributed by atoms with Crippen molar-refractivity contribution in [3.63, 3.8) is 0 Å². The van der Waals surface area contributed by atoms with Crippen molar-refractivity contribution in [2.24, 2.45) is 11.7 Å². The molecule has 0 aliphatic carbocycles. The highest BCUT2D eigenvalue weighted by molar-refractivity contribution is 8.01. The van der Waals surface area contributed by atoms with Crippen LogP contribution in [0.3, 0.4) is 0 Å². The lowest BCUT2D eigenvalue weighted by Crippen LogP contribution is -2.36. The zero-order chi connectivity index (χ0) is 15.7. The van der Waals surface area contributed by atoms with Crippen LogP contribution in [0.2, 0.25) is 5.02 Å². The minimum absolute atomic E-state index is 0. The molecular formula is C15H19Cl2N3O2S. The SMILES string of the molecule is Cl.NCC1CCN(C(=O)CC2Sc3ccc(Cl)cc3NC2=O)C1. The van der Waals surface area contributed by atoms with Gasteiger partial charge in [0.25, 0.3) is 0 Å². The molecule has 0 radical (unpaired) electrons. The van der Waals surface area contributed by atoms with E-state index in [1.807, 2.05) is 11.0 Å². The lowest BCUT2D eigenvalue weighted by Gasteiger charge is -2.25. The van der Waals surface area contributed by atoms with E-state index in [1.165, 1.54) is 11.8 Å². The Balaban J connectivity index is 0.00000192. The minimum atomic E-state index is -0.391. The van der Waals surface area contributed by atoms with Crippen molar-refractivity contribution in [3.8, 4) is 0 Å². The molecule has 126 valence electrons. The lowest BCUT2D eigenvalue weighted by molar-refractivity contribution is -0.131. The van der Waals surface area contributed by atoms with Gasteiger partial charge >= 0.3 is 0 Å². The molecule has 3 N–H and O–H groups in total. The Labute approximate surface area is 150 Å². The molecule has 8 heteroatoms. The second-order valence-electron chi connectivity index (χ2n) is 5.67. The number of benzene rings is 1. The van der Waals surface area contributed by atoms with E-state index in [0.29, 0.717) is 24.0 Å². The standard InChI is InChI=1S/C15H18ClN3O2S.ClH/c16-10-1-2-12-11(5-10)18-15(21)13(22-12)6-14(20)19-4-3-9(7-17)8-19;/h1-2,5,9,13H,3-4,6-8,17H2,(H,18,21);1H. The van der Waals surface area contributed by atoms with Crippen molar-refractivity contribution in [1.82, 2.24) is 4.90 Å². The molecule has 23 heavy (non-hydrogen) atoms. The molecule has 1 fully saturated rings. The molecule has 1 aromatic carbocycles. The van der Waals surface area contributed by atoms with Gasteiger partial charge in [0, 0.05) is 29.4 Å². The van der Waals surface area contributed by atoms with Gasteiger partial charge in [0.15, 0.2) is 0 Å². The fourth-order valence-corrected chi connectivity index (χ4v) is 4.05. The summed E-state index contributed by atoms with van der Waals surface area (Å²) in [5.74, 6) is 0.281. The quantitative estimate of drug-likeness (QED) is 0.850. The van der Waals surface area contributed by atoms with E-state index in [4.69, 9.17) is 17.3 Å². The maximum Gasteiger partial charge on any atom is 0.238 e. The molecule has 0 spiro atoms. The van der Waals surface area contributed by atoms with E-state index < -0.39 is 5.25 Å². The van der Waals surface area contributed by atoms with Gasteiger partial charge in [-0.3, -0.25) is 9.59 Å². The van der Waals surface area contributed by atoms with Gasteiger partial charge in [-0.15, -0.1) is 24.2 Å². The Morgan fingerprint density at radius 1 is 1.48 bits per heavy atom. The predicted octanol–water partition coefficient (Wildman–Crippen LogP) is 2.37. The molecule has 1 saturated heterocycles. The van der Waals surface area contributed by atoms with Crippen molar-refractivity contribution in [2.75, 3.05) is 25.0 Å². The average Bonchev–Trinajstić information content (AvgIpc) is 2.97. The molecule has 2 unspecified atom stereocenters. The van der Waals surface area contributed by atoms with E-state index in [1.54, 1.807) is 12.1 Å². The van der Waals surface area contributed by atoms with Gasteiger partial charge in [0.05, 0.1) is 10.9 Å². The van der Waals surface area contributed by atoms with Crippen molar-refractivity contribution < 1.29 is 9.59 Å². The van der Waals surface area contributed by atoms with Crippen LogP contribution in [0.15, 0.2) is 23.1 Å². The molecule has 2 aliphatic heterocycles. The molecular weight excluding hydrogens is 357 g/mol. The Morgan fingerprint density at radius 2 is 2.26 bits per heavy atom. The van der Waals surface area contributed by atoms with Gasteiger partial charge in [-0.05, 0) is 37.1 Å². The highest BCUT2D eigenvalue weighted by Gasteiger charge is 2.32. The van der Waals surface area contributed by atoms with Crippen molar-refractivity contribution >= 4 is 53.3 Å². The summed E-state index contributed by atoms with van der Waals surface area (Å²) in [5, 5.41) is 3.02. The second-order valence-corrected chi connectivity index (χ2v) is 7.35. The highest BCUT2D eigenvalue weighted by Crippen LogP contribution is 2.38. The first-order valence-electron chi connectivity index (χ1n) is 7.31. The van der Waals surface area contributed by atoms with Crippen LogP contribution in [0.1, 0.15) is 12.8 Å². The first kappa shape index (κ1) is 18.4. The molecule has 5 nitrogen and oxygen atoms in total. The van der Waals surface area contributed by atoms with Gasteiger partial charge in [-0.25, -0.2) is 0 Å². The number of carbonyl (C=O) groups is 2. The normalized spacial score (nSPS) is 23.0. The second kappa shape index (κ2) is 7.75. The zero-order valence-corrected chi connectivity index (χ0v) is 14.8. The number of likely N-dealkylation sites (tertiary alicyclic amines) is 1. The summed E-state index contributed by atoms with van der Waals surface area (Å²) < 4.78 is 0. The molecule has 2 amide bonds. The third kappa shape index (κ3) is 4.12. The number of rotatable bonds is 3. The number of nitrogens with one attached hydrogen (secondary N) is 1. The van der Waals surface area contributed by atoms with Crippen LogP contribution in [-0.4, -0.2) is 41.6 Å². The van der Waals surface area contributed by atoms with Gasteiger partial charge in [0.1, 0.15) is 0 Å². The topological polar surface area (TPSA) is 75.4 Å². The summed E-state index contributed by atoms with van der Waals surface area (Å²) in [6.45, 7) is 2.06. The number of hydrogen-bond acceptors (Lipinski definition) is 4. The Morgan fingerprint density at radius 3 is 2.96 bits per heavy atom. The first-order valence-corrected chi connectivity index (χ1v) is 8.57. The Hall–Kier alpha value is -0.950. The number of nitrogens with two attached hydrogens (primary N) is 1. The number of hydrogen-bond donors (Lipinski definition) is 2. The Kier molecular flexibility index (Phi) is 6.19. The highest BCUT2D eigenvalue weighted by atomic mass is 35.5. The van der Waals surface area contributed by atoms with Crippen LogP contribution in [-0.2, 0) is 9.59 Å². The summed E-state index contributed by atoms with van der Waals surface area (Å²) >= 11 is 7.35. The minimum Gasteiger partial charge on any atom is -0.342 e. The monoisotopic (exact) mass is 375 g/mol. The van der Waals surface area contributed by atoms with E-state index in [-0.39, 0.29) is 30.6 Å². The summed E-state index contributed by atoms with van der Waals surface area (Å²) in [6.07, 6.45) is 1.17. The maximum absolute atomic E-state index is 12.4. The van der Waals surface area contributed by atoms with Crippen molar-refractivity contribution in [1.29, 1.82) is 0 Å². The van der Waals surface area contributed by atoms with E-state index >= 15 is 0 Å². The molecule has 2 aliphatic rings. The molecule has 2 atom stereocenters. The van der Waals surface area contributed by atoms with Gasteiger partial charge in [-0.2, -0.15) is 0 Å². The third-order valence-corrected chi connectivity index (χ3v) is 5.60. The van der Waals surface area contributed by atoms with Gasteiger partial charge < -0.3 is 16.0 Å². The van der Waals surface area contributed by atoms with Crippen LogP contribution in [0.5, 0.6) is 0 Å². The number of nitrogens with zero attached hydrogens (tertiary/aromatic N) is 1. The Bertz CT molecular complexity index is 614. The number of amides is 2. The fourth-order valence-electron chi connectivity index (χ4n) is 2.80. The van der Waals surface area contributed by atoms with Crippen molar-refractivity contribution in [3.05, 3.63) is 23.2 Å². The first-order chi connectivity index (χ1) is 10.6. The summed E-state index contributed by atoms with van der Waals surface area (Å²) in [4.78, 5) is 27.3. The predicted molar refractivity (Wildman–Crippen MR) is 95.3 cm³/mol. The van der Waals surface area contributed by atoms with Crippen LogP contribution < -0.4 is 11.1 Å². The number of thioether (sulfide) groups is 1. The summed E-state index contributed by atoms with van der Waals surface area (Å²) in [6, 6.07) is 5.39. The molecule has 0 saturated carbocycles. The molecule has 3 rings (SSSR count). The number of halogens is 2. The van der Waals surface area contributed by atoms with E-state index in [2.05, 4.69) is 5.32 Å². The largest absolute Gasteiger partial charge is 0.342 e. The number of anilines is 1. The maximum atomic E-state index is 12.4. The van der Waals surface area contributed by atoms with Crippen LogP contribution in [0, 0.1) is 5.92 Å². The van der Waals surface area contributed by atoms with Crippen molar-refractivity contribution in [2.45, 2.75) is 23.0 Å². The number of carbonyl (C=O) groups excluding carboxylic acids is 2. The smallest absolute Gasteiger partial charge is 0.238 e. The van der Waals surface area contributed by atoms with Gasteiger partial charge in [-0.1, -0.05) is 11.6 Å². The van der Waals surface area contributed by atoms with E-state index in [9.17, 15) is 9.59 Å². The summed E-state index contributed by atoms with van der Waals surface area (Å²) in [5.41, 5.74) is 6.37. The molecule has 2 heterocycles. The lowest BCUT2D eigenvalue weighted by atomic mass is 10.1. The molecule has 0 bridgehead atoms. The fraction of sp³-hybridized carbons (Fsp3) is 0.467. The summed E-state index contributed by atoms with van der Waals surface area (Å²) in [7, 11) is 0. The molecule has 0 aromatic heterocycles. The number of fused-ring (bicyclic) bond motifs is 1. The average molecular weight is 376 g/mol. The van der Waals surface area contributed by atoms with Crippen LogP contribution >= 0.6 is 35.8 Å². The van der Waals surface area contributed by atoms with Crippen LogP contribution in [0.4, 0.5) is 5.69 Å². The molecule has 1 aromatic rings. The third-order valence-electron chi connectivity index (χ3n) is 4.09. The van der Waals surface area contributed by atoms with Gasteiger partial charge in [0.2, 0.25) is 11.8 Å². The van der Waals surface area contributed by atoms with E-state index in [0.717, 1.165) is 23.5 Å². The van der Waals surface area contributed by atoms with Crippen LogP contribution in [0.25, 0.3) is 0 Å². The zero-order valence-electron chi connectivity index (χ0n) is 12.5.